The molecule has 3 heteroatoms. The second kappa shape index (κ2) is 21.4. The molecule has 1 heterocycles. The molecule has 3 aliphatic rings. The van der Waals surface area contributed by atoms with Crippen LogP contribution in [0.1, 0.15) is 66.8 Å². The maximum Gasteiger partial charge on any atom is 0.134 e. The van der Waals surface area contributed by atoms with E-state index in [1.54, 1.807) is 0 Å². The fraction of sp³-hybridized carbons (Fsp3) is 0.0345. The summed E-state index contributed by atoms with van der Waals surface area (Å²) in [6.45, 7) is 0. The minimum Gasteiger partial charge on any atom is -0.457 e. The van der Waals surface area contributed by atoms with Crippen molar-refractivity contribution in [2.75, 3.05) is 9.80 Å². The van der Waals surface area contributed by atoms with E-state index in [-0.39, 0.29) is 0 Å². The van der Waals surface area contributed by atoms with Gasteiger partial charge in [0.15, 0.2) is 0 Å². The topological polar surface area (TPSA) is 15.7 Å². The molecule has 0 radical (unpaired) electrons. The highest BCUT2D eigenvalue weighted by Crippen LogP contribution is 2.60. The van der Waals surface area contributed by atoms with Gasteiger partial charge in [0, 0.05) is 51.3 Å². The molecule has 14 aromatic carbocycles. The molecule has 0 amide bonds. The lowest BCUT2D eigenvalue weighted by atomic mass is 9.63. The number of anilines is 6. The van der Waals surface area contributed by atoms with E-state index in [0.717, 1.165) is 67.9 Å². The van der Waals surface area contributed by atoms with Crippen LogP contribution in [0.15, 0.2) is 364 Å². The van der Waals surface area contributed by atoms with Gasteiger partial charge in [-0.2, -0.15) is 0 Å². The lowest BCUT2D eigenvalue weighted by molar-refractivity contribution is 0.434. The number of hydrogen-bond acceptors (Lipinski definition) is 3. The molecule has 1 unspecified atom stereocenters. The van der Waals surface area contributed by atoms with Gasteiger partial charge in [-0.1, -0.05) is 285 Å². The van der Waals surface area contributed by atoms with E-state index in [1.807, 2.05) is 0 Å². The Hall–Kier alpha value is -11.5. The van der Waals surface area contributed by atoms with Crippen molar-refractivity contribution >= 4 is 34.1 Å². The highest BCUT2D eigenvalue weighted by atomic mass is 16.5. The number of ether oxygens (including phenoxy) is 1. The van der Waals surface area contributed by atoms with Gasteiger partial charge >= 0.3 is 0 Å². The van der Waals surface area contributed by atoms with Gasteiger partial charge in [0.1, 0.15) is 11.5 Å². The first-order chi connectivity index (χ1) is 44.6. The smallest absolute Gasteiger partial charge is 0.134 e. The van der Waals surface area contributed by atoms with E-state index in [9.17, 15) is 0 Å². The summed E-state index contributed by atoms with van der Waals surface area (Å²) in [5.74, 6) is 1.62. The molecule has 1 aliphatic heterocycles. The van der Waals surface area contributed by atoms with Crippen molar-refractivity contribution < 1.29 is 4.74 Å². The van der Waals surface area contributed by atoms with E-state index >= 15 is 0 Å². The quantitative estimate of drug-likeness (QED) is 0.121. The van der Waals surface area contributed by atoms with Crippen LogP contribution in [0.3, 0.4) is 0 Å². The number of fused-ring (bicyclic) bond motifs is 8. The average Bonchev–Trinajstić information content (AvgIpc) is 1.77. The molecular weight excluding hydrogens is 1090 g/mol. The van der Waals surface area contributed by atoms with Gasteiger partial charge in [0.25, 0.3) is 0 Å². The molecule has 3 nitrogen and oxygen atoms in total. The Bertz CT molecular complexity index is 4860. The molecule has 0 saturated heterocycles. The highest BCUT2D eigenvalue weighted by Gasteiger charge is 2.49. The zero-order valence-corrected chi connectivity index (χ0v) is 49.4. The molecule has 0 spiro atoms. The Kier molecular flexibility index (Phi) is 12.6. The second-order valence-corrected chi connectivity index (χ2v) is 23.8. The Morgan fingerprint density at radius 2 is 0.422 bits per heavy atom. The summed E-state index contributed by atoms with van der Waals surface area (Å²) in [6, 6.07) is 134. The van der Waals surface area contributed by atoms with Gasteiger partial charge in [-0.25, -0.2) is 0 Å². The maximum atomic E-state index is 7.22. The minimum absolute atomic E-state index is 0.496. The standard InChI is InChI=1S/C87H60N2O/c1-6-26-61(27-7-1)85(77-40-20-16-36-73(77)74-37-17-21-41-78(74)85)64-46-52-69(53-47-64)88(67-32-12-4-13-33-67)70-54-50-66(51-55-70)87(63-30-10-3-11-31-63)81-44-24-25-45-83(81)90-84-60-72(58-59-82(84)87)89(68-34-14-5-15-35-68)71-56-48-65(49-57-71)86(62-28-8-2-9-29-62)79-42-22-18-38-75(79)76-39-19-23-43-80(76)86/h1-60H. The van der Waals surface area contributed by atoms with Crippen molar-refractivity contribution in [1.29, 1.82) is 0 Å². The van der Waals surface area contributed by atoms with Crippen LogP contribution in [0.2, 0.25) is 0 Å². The molecule has 424 valence electrons. The molecule has 0 aromatic heterocycles. The van der Waals surface area contributed by atoms with Crippen LogP contribution in [0.25, 0.3) is 22.3 Å². The molecule has 0 bridgehead atoms. The minimum atomic E-state index is -0.764. The van der Waals surface area contributed by atoms with Gasteiger partial charge in [0.2, 0.25) is 0 Å². The van der Waals surface area contributed by atoms with Crippen molar-refractivity contribution in [3.63, 3.8) is 0 Å². The van der Waals surface area contributed by atoms with Crippen LogP contribution in [0, 0.1) is 0 Å². The first kappa shape index (κ1) is 52.8. The zero-order chi connectivity index (χ0) is 59.6. The number of hydrogen-bond donors (Lipinski definition) is 0. The average molecular weight is 1150 g/mol. The Balaban J connectivity index is 0.786. The largest absolute Gasteiger partial charge is 0.457 e. The molecule has 1 atom stereocenters. The van der Waals surface area contributed by atoms with Crippen molar-refractivity contribution in [2.45, 2.75) is 16.2 Å². The van der Waals surface area contributed by atoms with E-state index in [1.165, 1.54) is 66.8 Å². The van der Waals surface area contributed by atoms with Gasteiger partial charge in [0.05, 0.1) is 16.2 Å². The van der Waals surface area contributed by atoms with Crippen molar-refractivity contribution in [2.24, 2.45) is 0 Å². The van der Waals surface area contributed by atoms with Crippen LogP contribution < -0.4 is 14.5 Å². The summed E-state index contributed by atoms with van der Waals surface area (Å²) in [6.07, 6.45) is 0. The van der Waals surface area contributed by atoms with Crippen molar-refractivity contribution in [1.82, 2.24) is 0 Å². The lowest BCUT2D eigenvalue weighted by Gasteiger charge is -2.42. The summed E-state index contributed by atoms with van der Waals surface area (Å²) in [7, 11) is 0. The molecule has 2 aliphatic carbocycles. The molecule has 17 rings (SSSR count). The molecule has 0 saturated carbocycles. The van der Waals surface area contributed by atoms with Crippen LogP contribution >= 0.6 is 0 Å². The van der Waals surface area contributed by atoms with Crippen LogP contribution in [-0.4, -0.2) is 0 Å². The molecule has 14 aromatic rings. The maximum absolute atomic E-state index is 7.22. The number of para-hydroxylation sites is 3. The third-order valence-corrected chi connectivity index (χ3v) is 19.4. The molecule has 0 fully saturated rings. The molecule has 0 N–H and O–H groups in total. The number of rotatable bonds is 12. The van der Waals surface area contributed by atoms with Crippen LogP contribution in [0.4, 0.5) is 34.1 Å². The monoisotopic (exact) mass is 1150 g/mol. The van der Waals surface area contributed by atoms with E-state index in [0.29, 0.717) is 0 Å². The fourth-order valence-electron chi connectivity index (χ4n) is 15.7. The lowest BCUT2D eigenvalue weighted by Crippen LogP contribution is -2.34. The van der Waals surface area contributed by atoms with Gasteiger partial charge in [-0.3, -0.25) is 0 Å². The highest BCUT2D eigenvalue weighted by molar-refractivity contribution is 5.89. The summed E-state index contributed by atoms with van der Waals surface area (Å²) < 4.78 is 7.22. The Morgan fingerprint density at radius 1 is 0.178 bits per heavy atom. The normalized spacial score (nSPS) is 15.0. The van der Waals surface area contributed by atoms with Gasteiger partial charge < -0.3 is 14.5 Å². The van der Waals surface area contributed by atoms with E-state index in [2.05, 4.69) is 374 Å². The Morgan fingerprint density at radius 3 is 0.789 bits per heavy atom. The Labute approximate surface area is 526 Å². The van der Waals surface area contributed by atoms with Crippen molar-refractivity contribution in [3.05, 3.63) is 431 Å². The van der Waals surface area contributed by atoms with Gasteiger partial charge in [-0.05, 0) is 151 Å². The zero-order valence-electron chi connectivity index (χ0n) is 49.4. The van der Waals surface area contributed by atoms with Gasteiger partial charge in [-0.15, -0.1) is 0 Å². The summed E-state index contributed by atoms with van der Waals surface area (Å²) in [4.78, 5) is 4.74. The predicted octanol–water partition coefficient (Wildman–Crippen LogP) is 21.8. The second-order valence-electron chi connectivity index (χ2n) is 23.8. The summed E-state index contributed by atoms with van der Waals surface area (Å²) in [5.41, 5.74) is 24.1. The third-order valence-electron chi connectivity index (χ3n) is 19.4. The predicted molar refractivity (Wildman–Crippen MR) is 369 cm³/mol. The molecule has 90 heavy (non-hydrogen) atoms. The summed E-state index contributed by atoms with van der Waals surface area (Å²) >= 11 is 0. The van der Waals surface area contributed by atoms with Crippen LogP contribution in [-0.2, 0) is 16.2 Å². The third kappa shape index (κ3) is 7.93. The first-order valence-corrected chi connectivity index (χ1v) is 31.1. The first-order valence-electron chi connectivity index (χ1n) is 31.1. The number of nitrogens with zero attached hydrogens (tertiary/aromatic N) is 2. The fourth-order valence-corrected chi connectivity index (χ4v) is 15.7. The van der Waals surface area contributed by atoms with E-state index < -0.39 is 16.2 Å². The SMILES string of the molecule is c1ccc(N(c2ccc(C3(c4ccccc4)c4ccccc4Oc4cc(N(c5ccccc5)c5ccc(C6(c7ccccc7)c7ccccc7-c7ccccc76)cc5)ccc43)cc2)c2ccc(C3(c4ccccc4)c4ccccc4-c4ccccc43)cc2)cc1. The number of benzene rings is 14. The van der Waals surface area contributed by atoms with E-state index in [4.69, 9.17) is 4.74 Å². The summed E-state index contributed by atoms with van der Waals surface area (Å²) in [5, 5.41) is 0. The van der Waals surface area contributed by atoms with Crippen LogP contribution in [0.5, 0.6) is 11.5 Å². The molecular formula is C87H60N2O. The van der Waals surface area contributed by atoms with Crippen molar-refractivity contribution in [3.8, 4) is 33.8 Å².